The van der Waals surface area contributed by atoms with Crippen LogP contribution < -0.4 is 14.9 Å². The van der Waals surface area contributed by atoms with E-state index in [1.54, 1.807) is 55.6 Å². The summed E-state index contributed by atoms with van der Waals surface area (Å²) in [6, 6.07) is 18.9. The van der Waals surface area contributed by atoms with Gasteiger partial charge in [-0.2, -0.15) is 5.01 Å². The normalized spacial score (nSPS) is 25.7. The van der Waals surface area contributed by atoms with Gasteiger partial charge in [-0.05, 0) is 85.2 Å². The number of unbranched alkanes of at least 4 members (excludes halogenated alkanes) is 2. The summed E-state index contributed by atoms with van der Waals surface area (Å²) in [6.45, 7) is 0.0954. The summed E-state index contributed by atoms with van der Waals surface area (Å²) in [5, 5.41) is 20.0. The van der Waals surface area contributed by atoms with Crippen molar-refractivity contribution in [1.82, 2.24) is 9.91 Å². The number of aliphatic carboxylic acids is 1. The number of methoxy groups -OCH3 is 1. The maximum absolute atomic E-state index is 15.4. The molecular weight excluding hydrogens is 749 g/mol. The van der Waals surface area contributed by atoms with Crippen LogP contribution in [-0.4, -0.2) is 76.6 Å². The molecule has 3 aromatic carbocycles. The van der Waals surface area contributed by atoms with E-state index in [1.165, 1.54) is 11.0 Å². The van der Waals surface area contributed by atoms with E-state index >= 15 is 4.79 Å². The van der Waals surface area contributed by atoms with E-state index < -0.39 is 52.8 Å². The number of hydrogen-bond donors (Lipinski definition) is 3. The number of rotatable bonds is 14. The maximum atomic E-state index is 15.4. The Morgan fingerprint density at radius 3 is 2.31 bits per heavy atom. The number of aliphatic hydroxyl groups excluding tert-OH is 1. The van der Waals surface area contributed by atoms with Gasteiger partial charge < -0.3 is 19.7 Å². The summed E-state index contributed by atoms with van der Waals surface area (Å²) >= 11 is 12.7. The lowest BCUT2D eigenvalue weighted by Crippen LogP contribution is -2.53. The van der Waals surface area contributed by atoms with Crippen LogP contribution in [0.25, 0.3) is 0 Å². The number of nitrogens with one attached hydrogen (secondary N) is 1. The maximum Gasteiger partial charge on any atom is 0.303 e. The smallest absolute Gasteiger partial charge is 0.303 e. The Labute approximate surface area is 327 Å². The Kier molecular flexibility index (Phi) is 10.9. The monoisotopic (exact) mass is 789 g/mol. The molecule has 288 valence electrons. The number of ether oxygens (including phenoxy) is 2. The molecule has 12 nitrogen and oxygen atoms in total. The van der Waals surface area contributed by atoms with E-state index in [9.17, 15) is 24.3 Å². The van der Waals surface area contributed by atoms with Crippen LogP contribution in [0.5, 0.6) is 11.5 Å². The third-order valence-corrected chi connectivity index (χ3v) is 12.1. The Hall–Kier alpha value is -4.91. The zero-order valence-electron chi connectivity index (χ0n) is 30.1. The molecule has 2 aliphatic carbocycles. The Morgan fingerprint density at radius 1 is 0.909 bits per heavy atom. The number of nitrogens with zero attached hydrogens (tertiary/aromatic N) is 2. The minimum Gasteiger partial charge on any atom is -0.497 e. The Morgan fingerprint density at radius 2 is 1.64 bits per heavy atom. The van der Waals surface area contributed by atoms with Gasteiger partial charge in [0.05, 0.1) is 47.6 Å². The highest BCUT2D eigenvalue weighted by molar-refractivity contribution is 6.36. The van der Waals surface area contributed by atoms with Crippen LogP contribution in [0.2, 0.25) is 10.0 Å². The lowest BCUT2D eigenvalue weighted by Gasteiger charge is -2.50. The molecular formula is C41H41Cl2N3O9. The summed E-state index contributed by atoms with van der Waals surface area (Å²) in [6.07, 6.45) is 3.86. The van der Waals surface area contributed by atoms with Crippen molar-refractivity contribution in [3.05, 3.63) is 99.6 Å². The predicted octanol–water partition coefficient (Wildman–Crippen LogP) is 6.00. The number of likely N-dealkylation sites (tertiary alicyclic amines) is 1. The fourth-order valence-corrected chi connectivity index (χ4v) is 9.60. The van der Waals surface area contributed by atoms with Gasteiger partial charge in [0.1, 0.15) is 18.1 Å². The molecule has 1 saturated carbocycles. The predicted molar refractivity (Wildman–Crippen MR) is 202 cm³/mol. The van der Waals surface area contributed by atoms with Crippen molar-refractivity contribution in [2.75, 3.05) is 32.3 Å². The lowest BCUT2D eigenvalue weighted by atomic mass is 9.49. The molecule has 4 aliphatic rings. The molecule has 2 saturated heterocycles. The molecule has 0 aromatic heterocycles. The fraction of sp³-hybridized carbons (Fsp3) is 0.390. The Bertz CT molecular complexity index is 2040. The van der Waals surface area contributed by atoms with Gasteiger partial charge in [0, 0.05) is 23.9 Å². The SMILES string of the molecule is COc1ccc(C23C(=O)N(Nc4ccc(Cl)cc4Cl)C(=O)C2CC2C(=CCC4C(=O)N(CCCCCC(=O)O)C(=O)C42)C3c2ccc(OCCO)cc2)cc1. The van der Waals surface area contributed by atoms with Gasteiger partial charge in [-0.25, -0.2) is 0 Å². The number of imide groups is 2. The van der Waals surface area contributed by atoms with Crippen LogP contribution in [0.3, 0.4) is 0 Å². The topological polar surface area (TPSA) is 163 Å². The average Bonchev–Trinajstić information content (AvgIpc) is 3.55. The third-order valence-electron chi connectivity index (χ3n) is 11.5. The Balaban J connectivity index is 1.35. The van der Waals surface area contributed by atoms with Crippen molar-refractivity contribution in [3.63, 3.8) is 0 Å². The van der Waals surface area contributed by atoms with Crippen LogP contribution in [0.4, 0.5) is 5.69 Å². The van der Waals surface area contributed by atoms with E-state index in [1.807, 2.05) is 18.2 Å². The first-order valence-electron chi connectivity index (χ1n) is 18.4. The van der Waals surface area contributed by atoms with Crippen LogP contribution >= 0.6 is 23.2 Å². The van der Waals surface area contributed by atoms with Gasteiger partial charge in [-0.15, -0.1) is 0 Å². The molecule has 2 aliphatic heterocycles. The first-order valence-corrected chi connectivity index (χ1v) is 19.1. The molecule has 6 atom stereocenters. The van der Waals surface area contributed by atoms with Crippen molar-refractivity contribution in [2.45, 2.75) is 49.9 Å². The number of carbonyl (C=O) groups excluding carboxylic acids is 4. The molecule has 7 rings (SSSR count). The zero-order valence-corrected chi connectivity index (χ0v) is 31.6. The van der Waals surface area contributed by atoms with Crippen molar-refractivity contribution in [2.24, 2.45) is 23.7 Å². The number of allylic oxidation sites excluding steroid dienone is 2. The van der Waals surface area contributed by atoms with Gasteiger partial charge in [-0.1, -0.05) is 65.5 Å². The van der Waals surface area contributed by atoms with E-state index in [0.717, 1.165) is 10.6 Å². The number of carboxylic acid groups (broad SMARTS) is 1. The van der Waals surface area contributed by atoms with Gasteiger partial charge in [0.25, 0.3) is 11.8 Å². The minimum absolute atomic E-state index is 0.0125. The van der Waals surface area contributed by atoms with Gasteiger partial charge in [0.2, 0.25) is 11.8 Å². The number of fused-ring (bicyclic) bond motifs is 4. The molecule has 3 aromatic rings. The molecule has 2 heterocycles. The largest absolute Gasteiger partial charge is 0.497 e. The molecule has 0 bridgehead atoms. The van der Waals surface area contributed by atoms with Gasteiger partial charge in [-0.3, -0.25) is 34.3 Å². The second-order valence-corrected chi connectivity index (χ2v) is 15.2. The number of benzene rings is 3. The number of halogens is 2. The molecule has 14 heteroatoms. The summed E-state index contributed by atoms with van der Waals surface area (Å²) in [7, 11) is 1.54. The number of carboxylic acids is 1. The number of aliphatic hydroxyl groups is 1. The van der Waals surface area contributed by atoms with E-state index in [2.05, 4.69) is 5.43 Å². The first kappa shape index (κ1) is 38.4. The summed E-state index contributed by atoms with van der Waals surface area (Å²) in [5.74, 6) is -5.08. The zero-order chi connectivity index (χ0) is 39.0. The van der Waals surface area contributed by atoms with E-state index in [4.69, 9.17) is 37.8 Å². The summed E-state index contributed by atoms with van der Waals surface area (Å²) in [5.41, 5.74) is 3.86. The lowest BCUT2D eigenvalue weighted by molar-refractivity contribution is -0.141. The van der Waals surface area contributed by atoms with Gasteiger partial charge >= 0.3 is 5.97 Å². The molecule has 3 N–H and O–H groups in total. The molecule has 0 spiro atoms. The van der Waals surface area contributed by atoms with Crippen LogP contribution in [-0.2, 0) is 29.4 Å². The highest BCUT2D eigenvalue weighted by Crippen LogP contribution is 2.64. The molecule has 55 heavy (non-hydrogen) atoms. The van der Waals surface area contributed by atoms with E-state index in [-0.39, 0.29) is 55.9 Å². The minimum atomic E-state index is -1.51. The van der Waals surface area contributed by atoms with Crippen molar-refractivity contribution >= 4 is 58.5 Å². The third kappa shape index (κ3) is 6.74. The standard InChI is InChI=1S/C41H41Cl2N3O9/c1-54-26-13-8-24(9-14-26)41-31(38(51)46(40(41)53)44-33-17-10-25(42)21-32(33)43)22-30-28(36(41)23-6-11-27(12-7-23)55-20-19-47)15-16-29-35(30)39(52)45(37(29)50)18-4-2-3-5-34(48)49/h6-15,17,21,29-31,35-36,44,47H,2-5,16,18-20,22H2,1H3,(H,48,49). The van der Waals surface area contributed by atoms with E-state index in [0.29, 0.717) is 52.6 Å². The molecule has 3 fully saturated rings. The number of carbonyl (C=O) groups is 5. The second-order valence-electron chi connectivity index (χ2n) is 14.4. The number of anilines is 1. The molecule has 0 radical (unpaired) electrons. The van der Waals surface area contributed by atoms with Crippen LogP contribution in [0.1, 0.15) is 55.6 Å². The van der Waals surface area contributed by atoms with Crippen molar-refractivity contribution in [1.29, 1.82) is 0 Å². The summed E-state index contributed by atoms with van der Waals surface area (Å²) in [4.78, 5) is 70.8. The average molecular weight is 791 g/mol. The quantitative estimate of drug-likeness (QED) is 0.100. The number of hydrazine groups is 1. The van der Waals surface area contributed by atoms with Crippen LogP contribution in [0.15, 0.2) is 78.4 Å². The first-order chi connectivity index (χ1) is 26.5. The number of amides is 4. The van der Waals surface area contributed by atoms with Crippen molar-refractivity contribution in [3.8, 4) is 11.5 Å². The molecule has 6 unspecified atom stereocenters. The highest BCUT2D eigenvalue weighted by atomic mass is 35.5. The number of hydrogen-bond acceptors (Lipinski definition) is 9. The van der Waals surface area contributed by atoms with Crippen LogP contribution in [0, 0.1) is 23.7 Å². The second kappa shape index (κ2) is 15.7. The van der Waals surface area contributed by atoms with Gasteiger partial charge in [0.15, 0.2) is 0 Å². The fourth-order valence-electron chi connectivity index (χ4n) is 9.15. The summed E-state index contributed by atoms with van der Waals surface area (Å²) < 4.78 is 11.1. The molecule has 4 amide bonds. The highest BCUT2D eigenvalue weighted by Gasteiger charge is 2.70. The van der Waals surface area contributed by atoms with Crippen molar-refractivity contribution < 1.29 is 43.7 Å².